The minimum atomic E-state index is 0.546. The third kappa shape index (κ3) is 0.940. The molecule has 0 atom stereocenters. The van der Waals surface area contributed by atoms with Crippen molar-refractivity contribution in [3.8, 4) is 5.75 Å². The quantitative estimate of drug-likeness (QED) is 0.675. The lowest BCUT2D eigenvalue weighted by Crippen LogP contribution is -1.88. The average Bonchev–Trinajstić information content (AvgIpc) is 2.53. The van der Waals surface area contributed by atoms with Crippen LogP contribution in [0.2, 0.25) is 5.02 Å². The van der Waals surface area contributed by atoms with Gasteiger partial charge in [-0.1, -0.05) is 11.6 Å². The molecule has 0 amide bonds. The average molecular weight is 183 g/mol. The van der Waals surface area contributed by atoms with Crippen LogP contribution in [-0.2, 0) is 0 Å². The summed E-state index contributed by atoms with van der Waals surface area (Å²) in [5.74, 6) is 0.648. The Balaban J connectivity index is 2.78. The zero-order valence-electron chi connectivity index (χ0n) is 6.49. The number of ether oxygens (including phenoxy) is 1. The molecule has 0 spiro atoms. The highest BCUT2D eigenvalue weighted by Crippen LogP contribution is 2.26. The lowest BCUT2D eigenvalue weighted by molar-refractivity contribution is 0.415. The molecule has 12 heavy (non-hydrogen) atoms. The number of imidazole rings is 1. The largest absolute Gasteiger partial charge is 0.495 e. The number of hydrogen-bond donors (Lipinski definition) is 0. The zero-order valence-corrected chi connectivity index (χ0v) is 7.25. The van der Waals surface area contributed by atoms with Crippen LogP contribution in [0, 0.1) is 0 Å². The zero-order chi connectivity index (χ0) is 8.55. The van der Waals surface area contributed by atoms with Gasteiger partial charge in [-0.25, -0.2) is 4.98 Å². The van der Waals surface area contributed by atoms with Crippen LogP contribution in [-0.4, -0.2) is 16.5 Å². The Morgan fingerprint density at radius 3 is 3.08 bits per heavy atom. The van der Waals surface area contributed by atoms with Crippen molar-refractivity contribution < 1.29 is 4.74 Å². The van der Waals surface area contributed by atoms with Crippen LogP contribution in [0.25, 0.3) is 5.65 Å². The normalized spacial score (nSPS) is 10.5. The number of rotatable bonds is 1. The molecule has 0 radical (unpaired) electrons. The van der Waals surface area contributed by atoms with E-state index < -0.39 is 0 Å². The van der Waals surface area contributed by atoms with Crippen molar-refractivity contribution in [1.29, 1.82) is 0 Å². The Hall–Kier alpha value is -1.22. The first-order valence-corrected chi connectivity index (χ1v) is 3.86. The summed E-state index contributed by atoms with van der Waals surface area (Å²) in [6.45, 7) is 0. The summed E-state index contributed by atoms with van der Waals surface area (Å²) in [6, 6.07) is 1.80. The maximum Gasteiger partial charge on any atom is 0.159 e. The molecule has 0 unspecified atom stereocenters. The molecular formula is C8H7ClN2O. The van der Waals surface area contributed by atoms with Crippen LogP contribution in [0.3, 0.4) is 0 Å². The van der Waals surface area contributed by atoms with Crippen LogP contribution in [0.4, 0.5) is 0 Å². The van der Waals surface area contributed by atoms with Crippen molar-refractivity contribution in [1.82, 2.24) is 9.38 Å². The van der Waals surface area contributed by atoms with Gasteiger partial charge < -0.3 is 9.14 Å². The number of fused-ring (bicyclic) bond motifs is 1. The summed E-state index contributed by atoms with van der Waals surface area (Å²) in [5.41, 5.74) is 0.719. The summed E-state index contributed by atoms with van der Waals surface area (Å²) in [6.07, 6.45) is 5.38. The van der Waals surface area contributed by atoms with E-state index in [1.54, 1.807) is 19.4 Å². The van der Waals surface area contributed by atoms with Crippen molar-refractivity contribution in [2.75, 3.05) is 7.11 Å². The van der Waals surface area contributed by atoms with Gasteiger partial charge in [-0.2, -0.15) is 0 Å². The van der Waals surface area contributed by atoms with Crippen molar-refractivity contribution >= 4 is 17.2 Å². The minimum Gasteiger partial charge on any atom is -0.495 e. The summed E-state index contributed by atoms with van der Waals surface area (Å²) >= 11 is 5.97. The molecule has 0 bridgehead atoms. The van der Waals surface area contributed by atoms with E-state index in [4.69, 9.17) is 16.3 Å². The molecule has 62 valence electrons. The number of hydrogen-bond acceptors (Lipinski definition) is 2. The van der Waals surface area contributed by atoms with E-state index in [0.717, 1.165) is 5.65 Å². The number of pyridine rings is 1. The number of methoxy groups -OCH3 is 1. The molecular weight excluding hydrogens is 176 g/mol. The predicted octanol–water partition coefficient (Wildman–Crippen LogP) is 2.00. The van der Waals surface area contributed by atoms with Crippen LogP contribution >= 0.6 is 11.6 Å². The van der Waals surface area contributed by atoms with E-state index in [2.05, 4.69) is 4.98 Å². The molecule has 2 rings (SSSR count). The van der Waals surface area contributed by atoms with Gasteiger partial charge in [-0.05, 0) is 6.07 Å². The Kier molecular flexibility index (Phi) is 1.66. The van der Waals surface area contributed by atoms with E-state index in [0.29, 0.717) is 10.8 Å². The van der Waals surface area contributed by atoms with Crippen LogP contribution in [0.15, 0.2) is 24.7 Å². The maximum atomic E-state index is 5.97. The number of halogens is 1. The lowest BCUT2D eigenvalue weighted by Gasteiger charge is -2.02. The topological polar surface area (TPSA) is 26.5 Å². The van der Waals surface area contributed by atoms with E-state index in [9.17, 15) is 0 Å². The summed E-state index contributed by atoms with van der Waals surface area (Å²) in [4.78, 5) is 4.08. The Labute approximate surface area is 74.6 Å². The van der Waals surface area contributed by atoms with Gasteiger partial charge >= 0.3 is 0 Å². The monoisotopic (exact) mass is 182 g/mol. The second-order valence-electron chi connectivity index (χ2n) is 2.36. The fourth-order valence-corrected chi connectivity index (χ4v) is 1.38. The molecule has 0 fully saturated rings. The van der Waals surface area contributed by atoms with Crippen molar-refractivity contribution in [3.63, 3.8) is 0 Å². The van der Waals surface area contributed by atoms with Gasteiger partial charge in [0, 0.05) is 18.6 Å². The van der Waals surface area contributed by atoms with Crippen LogP contribution < -0.4 is 4.74 Å². The molecule has 0 aliphatic heterocycles. The molecule has 0 N–H and O–H groups in total. The summed E-state index contributed by atoms with van der Waals surface area (Å²) in [5, 5.41) is 0.546. The molecule has 0 aliphatic carbocycles. The van der Waals surface area contributed by atoms with Gasteiger partial charge in [0.15, 0.2) is 5.65 Å². The molecule has 0 saturated carbocycles. The smallest absolute Gasteiger partial charge is 0.159 e. The molecule has 2 heterocycles. The van der Waals surface area contributed by atoms with Gasteiger partial charge in [0.25, 0.3) is 0 Å². The van der Waals surface area contributed by atoms with Crippen LogP contribution in [0.1, 0.15) is 0 Å². The van der Waals surface area contributed by atoms with E-state index in [1.807, 2.05) is 16.8 Å². The molecule has 2 aromatic heterocycles. The first-order chi connectivity index (χ1) is 5.83. The number of nitrogens with zero attached hydrogens (tertiary/aromatic N) is 2. The SMILES string of the molecule is COc1ccn2ccnc2c1Cl. The third-order valence-corrected chi connectivity index (χ3v) is 2.04. The van der Waals surface area contributed by atoms with E-state index in [1.165, 1.54) is 0 Å². The maximum absolute atomic E-state index is 5.97. The summed E-state index contributed by atoms with van der Waals surface area (Å²) in [7, 11) is 1.58. The number of aromatic nitrogens is 2. The fraction of sp³-hybridized carbons (Fsp3) is 0.125. The fourth-order valence-electron chi connectivity index (χ4n) is 1.09. The van der Waals surface area contributed by atoms with Gasteiger partial charge in [0.1, 0.15) is 10.8 Å². The standard InChI is InChI=1S/C8H7ClN2O/c1-12-6-2-4-11-5-3-10-8(11)7(6)9/h2-5H,1H3. The van der Waals surface area contributed by atoms with Gasteiger partial charge in [0.2, 0.25) is 0 Å². The van der Waals surface area contributed by atoms with E-state index in [-0.39, 0.29) is 0 Å². The molecule has 0 saturated heterocycles. The Bertz CT molecular complexity index is 410. The van der Waals surface area contributed by atoms with Gasteiger partial charge in [-0.15, -0.1) is 0 Å². The molecule has 0 aliphatic rings. The van der Waals surface area contributed by atoms with Crippen molar-refractivity contribution in [2.45, 2.75) is 0 Å². The molecule has 3 nitrogen and oxygen atoms in total. The summed E-state index contributed by atoms with van der Waals surface area (Å²) < 4.78 is 6.88. The van der Waals surface area contributed by atoms with E-state index >= 15 is 0 Å². The Morgan fingerprint density at radius 2 is 2.33 bits per heavy atom. The third-order valence-electron chi connectivity index (χ3n) is 1.69. The highest BCUT2D eigenvalue weighted by molar-refractivity contribution is 6.34. The minimum absolute atomic E-state index is 0.546. The predicted molar refractivity (Wildman–Crippen MR) is 46.8 cm³/mol. The van der Waals surface area contributed by atoms with Gasteiger partial charge in [-0.3, -0.25) is 0 Å². The van der Waals surface area contributed by atoms with Crippen molar-refractivity contribution in [3.05, 3.63) is 29.7 Å². The highest BCUT2D eigenvalue weighted by atomic mass is 35.5. The lowest BCUT2D eigenvalue weighted by atomic mass is 10.4. The van der Waals surface area contributed by atoms with Gasteiger partial charge in [0.05, 0.1) is 7.11 Å². The molecule has 4 heteroatoms. The first kappa shape index (κ1) is 7.43. The molecule has 2 aromatic rings. The Morgan fingerprint density at radius 1 is 1.50 bits per heavy atom. The highest BCUT2D eigenvalue weighted by Gasteiger charge is 2.05. The second-order valence-corrected chi connectivity index (χ2v) is 2.73. The molecule has 0 aromatic carbocycles. The first-order valence-electron chi connectivity index (χ1n) is 3.48. The van der Waals surface area contributed by atoms with Crippen molar-refractivity contribution in [2.24, 2.45) is 0 Å². The second kappa shape index (κ2) is 2.68. The van der Waals surface area contributed by atoms with Crippen LogP contribution in [0.5, 0.6) is 5.75 Å².